The van der Waals surface area contributed by atoms with Crippen LogP contribution in [0.2, 0.25) is 0 Å². The van der Waals surface area contributed by atoms with Gasteiger partial charge in [-0.3, -0.25) is 4.79 Å². The molecule has 2 aromatic carbocycles. The molecule has 0 spiro atoms. The normalized spacial score (nSPS) is 10.8. The number of carbonyl (C=O) groups is 1. The number of methoxy groups -OCH3 is 1. The number of H-pyrrole nitrogens is 1. The molecule has 0 aliphatic heterocycles. The van der Waals surface area contributed by atoms with E-state index in [0.717, 1.165) is 22.2 Å². The van der Waals surface area contributed by atoms with E-state index in [9.17, 15) is 9.90 Å². The zero-order chi connectivity index (χ0) is 19.4. The smallest absolute Gasteiger partial charge is 0.307 e. The molecule has 2 N–H and O–H groups in total. The maximum atomic E-state index is 11.5. The Labute approximate surface area is 157 Å². The minimum absolute atomic E-state index is 0.0963. The highest BCUT2D eigenvalue weighted by Gasteiger charge is 2.18. The number of hydrogen-bond acceptors (Lipinski definition) is 4. The maximum absolute atomic E-state index is 11.5. The van der Waals surface area contributed by atoms with Crippen LogP contribution in [0.25, 0.3) is 22.2 Å². The van der Waals surface area contributed by atoms with E-state index in [1.807, 2.05) is 50.2 Å². The molecular formula is C21H23NO5. The Morgan fingerprint density at radius 2 is 1.81 bits per heavy atom. The minimum atomic E-state index is -0.891. The molecule has 0 radical (unpaired) electrons. The zero-order valence-electron chi connectivity index (χ0n) is 15.7. The van der Waals surface area contributed by atoms with Gasteiger partial charge in [-0.2, -0.15) is 0 Å². The summed E-state index contributed by atoms with van der Waals surface area (Å²) >= 11 is 0. The third kappa shape index (κ3) is 3.84. The Hall–Kier alpha value is -3.15. The molecule has 1 heterocycles. The molecule has 3 rings (SSSR count). The van der Waals surface area contributed by atoms with Gasteiger partial charge in [0.1, 0.15) is 5.75 Å². The third-order valence-corrected chi connectivity index (χ3v) is 4.27. The summed E-state index contributed by atoms with van der Waals surface area (Å²) in [7, 11) is 1.59. The van der Waals surface area contributed by atoms with Crippen LogP contribution >= 0.6 is 0 Å². The lowest BCUT2D eigenvalue weighted by atomic mass is 10.0. The number of ether oxygens (including phenoxy) is 3. The Balaban J connectivity index is 2.17. The zero-order valence-corrected chi connectivity index (χ0v) is 15.7. The van der Waals surface area contributed by atoms with Gasteiger partial charge in [-0.25, -0.2) is 0 Å². The van der Waals surface area contributed by atoms with Crippen molar-refractivity contribution in [2.24, 2.45) is 0 Å². The van der Waals surface area contributed by atoms with Crippen LogP contribution in [0, 0.1) is 0 Å². The number of carboxylic acid groups (broad SMARTS) is 1. The number of hydrogen-bond donors (Lipinski definition) is 2. The summed E-state index contributed by atoms with van der Waals surface area (Å²) in [4.78, 5) is 14.8. The molecule has 6 heteroatoms. The number of aromatic amines is 1. The molecule has 0 bridgehead atoms. The van der Waals surface area contributed by atoms with Crippen molar-refractivity contribution in [3.05, 3.63) is 42.0 Å². The van der Waals surface area contributed by atoms with Gasteiger partial charge in [-0.05, 0) is 55.8 Å². The second kappa shape index (κ2) is 8.03. The summed E-state index contributed by atoms with van der Waals surface area (Å²) in [5.74, 6) is 1.08. The molecule has 0 amide bonds. The Bertz CT molecular complexity index is 961. The number of aromatic nitrogens is 1. The van der Waals surface area contributed by atoms with Gasteiger partial charge in [0.05, 0.1) is 32.4 Å². The van der Waals surface area contributed by atoms with Crippen molar-refractivity contribution in [3.63, 3.8) is 0 Å². The first-order valence-corrected chi connectivity index (χ1v) is 8.87. The molecule has 27 heavy (non-hydrogen) atoms. The molecule has 0 saturated heterocycles. The highest BCUT2D eigenvalue weighted by Crippen LogP contribution is 2.37. The van der Waals surface area contributed by atoms with Crippen LogP contribution in [-0.4, -0.2) is 36.4 Å². The van der Waals surface area contributed by atoms with E-state index in [2.05, 4.69) is 4.98 Å². The molecule has 6 nitrogen and oxygen atoms in total. The molecule has 0 atom stereocenters. The summed E-state index contributed by atoms with van der Waals surface area (Å²) in [5.41, 5.74) is 3.17. The lowest BCUT2D eigenvalue weighted by Crippen LogP contribution is -2.01. The van der Waals surface area contributed by atoms with Gasteiger partial charge in [0.25, 0.3) is 0 Å². The summed E-state index contributed by atoms with van der Waals surface area (Å²) in [6, 6.07) is 11.2. The monoisotopic (exact) mass is 369 g/mol. The molecular weight excluding hydrogens is 346 g/mol. The second-order valence-electron chi connectivity index (χ2n) is 5.99. The van der Waals surface area contributed by atoms with Gasteiger partial charge < -0.3 is 24.3 Å². The largest absolute Gasteiger partial charge is 0.494 e. The average molecular weight is 369 g/mol. The van der Waals surface area contributed by atoms with Gasteiger partial charge in [0, 0.05) is 16.5 Å². The van der Waals surface area contributed by atoms with Crippen LogP contribution in [0.5, 0.6) is 17.2 Å². The van der Waals surface area contributed by atoms with E-state index in [0.29, 0.717) is 36.0 Å². The molecule has 3 aromatic rings. The van der Waals surface area contributed by atoms with Crippen LogP contribution in [0.4, 0.5) is 0 Å². The number of aliphatic carboxylic acids is 1. The van der Waals surface area contributed by atoms with E-state index < -0.39 is 5.97 Å². The van der Waals surface area contributed by atoms with Gasteiger partial charge in [-0.1, -0.05) is 0 Å². The number of nitrogens with one attached hydrogen (secondary N) is 1. The number of fused-ring (bicyclic) bond motifs is 1. The van der Waals surface area contributed by atoms with E-state index in [1.54, 1.807) is 7.11 Å². The van der Waals surface area contributed by atoms with Crippen molar-refractivity contribution in [1.82, 2.24) is 4.98 Å². The van der Waals surface area contributed by atoms with E-state index in [-0.39, 0.29) is 6.42 Å². The summed E-state index contributed by atoms with van der Waals surface area (Å²) in [5, 5.41) is 10.3. The van der Waals surface area contributed by atoms with Crippen LogP contribution in [0.1, 0.15) is 19.4 Å². The highest BCUT2D eigenvalue weighted by atomic mass is 16.5. The van der Waals surface area contributed by atoms with Crippen molar-refractivity contribution in [3.8, 4) is 28.5 Å². The molecule has 0 aliphatic rings. The lowest BCUT2D eigenvalue weighted by molar-refractivity contribution is -0.136. The van der Waals surface area contributed by atoms with Gasteiger partial charge in [0.15, 0.2) is 11.5 Å². The lowest BCUT2D eigenvalue weighted by Gasteiger charge is -2.11. The van der Waals surface area contributed by atoms with E-state index >= 15 is 0 Å². The molecule has 0 aliphatic carbocycles. The predicted molar refractivity (Wildman–Crippen MR) is 104 cm³/mol. The standard InChI is InChI=1S/C21H23NO5/c1-4-26-14-7-8-17-15(11-14)16(12-20(23)24)21(22-17)13-6-9-18(25-3)19(10-13)27-5-2/h6-11,22H,4-5,12H2,1-3H3,(H,23,24). The fraction of sp³-hybridized carbons (Fsp3) is 0.286. The Morgan fingerprint density at radius 1 is 1.04 bits per heavy atom. The minimum Gasteiger partial charge on any atom is -0.494 e. The molecule has 142 valence electrons. The average Bonchev–Trinajstić information content (AvgIpc) is 2.99. The SMILES string of the molecule is CCOc1ccc2[nH]c(-c3ccc(OC)c(OCC)c3)c(CC(=O)O)c2c1. The van der Waals surface area contributed by atoms with Crippen LogP contribution in [0.15, 0.2) is 36.4 Å². The first kappa shape index (κ1) is 18.6. The summed E-state index contributed by atoms with van der Waals surface area (Å²) < 4.78 is 16.6. The van der Waals surface area contributed by atoms with Crippen molar-refractivity contribution in [1.29, 1.82) is 0 Å². The molecule has 0 unspecified atom stereocenters. The fourth-order valence-corrected chi connectivity index (χ4v) is 3.17. The van der Waals surface area contributed by atoms with Crippen molar-refractivity contribution >= 4 is 16.9 Å². The summed E-state index contributed by atoms with van der Waals surface area (Å²) in [6.45, 7) is 4.87. The summed E-state index contributed by atoms with van der Waals surface area (Å²) in [6.07, 6.45) is -0.0963. The van der Waals surface area contributed by atoms with Gasteiger partial charge in [0.2, 0.25) is 0 Å². The maximum Gasteiger partial charge on any atom is 0.307 e. The van der Waals surface area contributed by atoms with Crippen LogP contribution < -0.4 is 14.2 Å². The number of carboxylic acids is 1. The van der Waals surface area contributed by atoms with Crippen LogP contribution in [0.3, 0.4) is 0 Å². The van der Waals surface area contributed by atoms with Crippen LogP contribution in [-0.2, 0) is 11.2 Å². The first-order valence-electron chi connectivity index (χ1n) is 8.87. The Kier molecular flexibility index (Phi) is 5.54. The highest BCUT2D eigenvalue weighted by molar-refractivity contribution is 5.95. The molecule has 1 aromatic heterocycles. The van der Waals surface area contributed by atoms with E-state index in [1.165, 1.54) is 0 Å². The fourth-order valence-electron chi connectivity index (χ4n) is 3.17. The predicted octanol–water partition coefficient (Wildman–Crippen LogP) is 4.27. The van der Waals surface area contributed by atoms with E-state index in [4.69, 9.17) is 14.2 Å². The van der Waals surface area contributed by atoms with Gasteiger partial charge in [-0.15, -0.1) is 0 Å². The second-order valence-corrected chi connectivity index (χ2v) is 5.99. The molecule has 0 fully saturated rings. The quantitative estimate of drug-likeness (QED) is 0.620. The van der Waals surface area contributed by atoms with Gasteiger partial charge >= 0.3 is 5.97 Å². The Morgan fingerprint density at radius 3 is 2.48 bits per heavy atom. The van der Waals surface area contributed by atoms with Crippen molar-refractivity contribution in [2.75, 3.05) is 20.3 Å². The van der Waals surface area contributed by atoms with Crippen molar-refractivity contribution < 1.29 is 24.1 Å². The first-order chi connectivity index (χ1) is 13.1. The number of rotatable bonds is 8. The topological polar surface area (TPSA) is 80.8 Å². The molecule has 0 saturated carbocycles. The number of benzene rings is 2. The third-order valence-electron chi connectivity index (χ3n) is 4.27. The van der Waals surface area contributed by atoms with Crippen molar-refractivity contribution in [2.45, 2.75) is 20.3 Å².